The Hall–Kier alpha value is -2.84. The molecular weight excluding hydrogens is 460 g/mol. The highest BCUT2D eigenvalue weighted by molar-refractivity contribution is 7.89. The number of fused-ring (bicyclic) bond motifs is 1. The maximum atomic E-state index is 13.2. The monoisotopic (exact) mass is 492 g/mol. The van der Waals surface area contributed by atoms with Crippen LogP contribution in [0.25, 0.3) is 0 Å². The minimum Gasteiger partial charge on any atom is -0.486 e. The molecule has 1 aromatic rings. The van der Waals surface area contributed by atoms with Crippen molar-refractivity contribution >= 4 is 21.8 Å². The molecule has 3 atom stereocenters. The van der Waals surface area contributed by atoms with Crippen molar-refractivity contribution in [1.29, 1.82) is 5.26 Å². The van der Waals surface area contributed by atoms with E-state index in [1.165, 1.54) is 6.07 Å². The molecule has 1 aromatic carbocycles. The summed E-state index contributed by atoms with van der Waals surface area (Å²) in [6.07, 6.45) is 2.65. The number of sulfonamides is 1. The number of carbonyl (C=O) groups is 2. The van der Waals surface area contributed by atoms with E-state index >= 15 is 0 Å². The molecule has 11 heteroatoms. The first-order valence-electron chi connectivity index (χ1n) is 11.6. The first-order chi connectivity index (χ1) is 16.2. The smallest absolute Gasteiger partial charge is 0.245 e. The van der Waals surface area contributed by atoms with E-state index < -0.39 is 28.0 Å². The lowest BCUT2D eigenvalue weighted by Crippen LogP contribution is -2.50. The predicted molar refractivity (Wildman–Crippen MR) is 124 cm³/mol. The fourth-order valence-corrected chi connectivity index (χ4v) is 5.48. The third kappa shape index (κ3) is 6.61. The van der Waals surface area contributed by atoms with Gasteiger partial charge in [-0.05, 0) is 50.2 Å². The van der Waals surface area contributed by atoms with Gasteiger partial charge in [-0.25, -0.2) is 8.42 Å². The number of carbonyl (C=O) groups excluding carboxylic acids is 2. The largest absolute Gasteiger partial charge is 0.486 e. The number of hydrogen-bond acceptors (Lipinski definition) is 7. The van der Waals surface area contributed by atoms with Gasteiger partial charge in [0.05, 0.1) is 6.07 Å². The molecule has 10 nitrogen and oxygen atoms in total. The van der Waals surface area contributed by atoms with Gasteiger partial charge in [0.25, 0.3) is 0 Å². The summed E-state index contributed by atoms with van der Waals surface area (Å²) in [5.74, 6) is -0.344. The Morgan fingerprint density at radius 3 is 2.76 bits per heavy atom. The summed E-state index contributed by atoms with van der Waals surface area (Å²) in [6.45, 7) is 4.95. The predicted octanol–water partition coefficient (Wildman–Crippen LogP) is 1.47. The minimum atomic E-state index is -4.12. The number of para-hydroxylation sites is 1. The molecule has 2 amide bonds. The third-order valence-corrected chi connectivity index (χ3v) is 7.31. The van der Waals surface area contributed by atoms with Crippen molar-refractivity contribution in [3.8, 4) is 17.6 Å². The van der Waals surface area contributed by atoms with E-state index in [0.29, 0.717) is 31.7 Å². The van der Waals surface area contributed by atoms with Gasteiger partial charge in [0, 0.05) is 12.5 Å². The third-order valence-electron chi connectivity index (χ3n) is 5.82. The lowest BCUT2D eigenvalue weighted by molar-refractivity contribution is -0.126. The van der Waals surface area contributed by atoms with Crippen LogP contribution < -0.4 is 24.8 Å². The van der Waals surface area contributed by atoms with E-state index in [0.717, 1.165) is 12.8 Å². The Morgan fingerprint density at radius 1 is 1.29 bits per heavy atom. The van der Waals surface area contributed by atoms with Crippen LogP contribution in [0.5, 0.6) is 11.5 Å². The van der Waals surface area contributed by atoms with Gasteiger partial charge >= 0.3 is 0 Å². The Bertz CT molecular complexity index is 1040. The number of benzene rings is 1. The highest BCUT2D eigenvalue weighted by Crippen LogP contribution is 2.36. The lowest BCUT2D eigenvalue weighted by Gasteiger charge is -2.25. The van der Waals surface area contributed by atoms with Crippen LogP contribution in [0.3, 0.4) is 0 Å². The Morgan fingerprint density at radius 2 is 2.06 bits per heavy atom. The number of rotatable bonds is 10. The Kier molecular flexibility index (Phi) is 8.74. The molecule has 0 aliphatic carbocycles. The van der Waals surface area contributed by atoms with Gasteiger partial charge in [-0.2, -0.15) is 9.98 Å². The maximum Gasteiger partial charge on any atom is 0.245 e. The molecule has 0 aromatic heterocycles. The van der Waals surface area contributed by atoms with Gasteiger partial charge in [-0.15, -0.1) is 0 Å². The van der Waals surface area contributed by atoms with E-state index in [-0.39, 0.29) is 41.4 Å². The molecule has 2 aliphatic heterocycles. The highest BCUT2D eigenvalue weighted by atomic mass is 32.2. The molecule has 1 fully saturated rings. The van der Waals surface area contributed by atoms with Crippen LogP contribution in [0.2, 0.25) is 0 Å². The van der Waals surface area contributed by atoms with Crippen LogP contribution in [0.4, 0.5) is 0 Å². The standard InChI is InChI=1S/C23H32N4O6S/c1-15(2)13-18(23(29)26-17(14-24)9-8-16-5-4-10-25-22(16)28)27-34(30,31)20-7-3-6-19-21(20)33-12-11-32-19/h3,6-7,15-18,27H,4-5,8-13H2,1-2H3,(H,25,28)(H,26,29)/t16-,17-,18-/m0/s1. The molecule has 0 spiro atoms. The summed E-state index contributed by atoms with van der Waals surface area (Å²) < 4.78 is 39.9. The fourth-order valence-electron chi connectivity index (χ4n) is 4.11. The quantitative estimate of drug-likeness (QED) is 0.448. The van der Waals surface area contributed by atoms with Crippen molar-refractivity contribution in [2.75, 3.05) is 19.8 Å². The zero-order chi connectivity index (χ0) is 24.7. The molecule has 3 rings (SSSR count). The van der Waals surface area contributed by atoms with Gasteiger partial charge in [-0.1, -0.05) is 19.9 Å². The first-order valence-corrected chi connectivity index (χ1v) is 13.1. The van der Waals surface area contributed by atoms with Crippen LogP contribution in [0.1, 0.15) is 46.0 Å². The number of nitrogens with zero attached hydrogens (tertiary/aromatic N) is 1. The second-order valence-corrected chi connectivity index (χ2v) is 10.7. The zero-order valence-electron chi connectivity index (χ0n) is 19.5. The second kappa shape index (κ2) is 11.5. The lowest BCUT2D eigenvalue weighted by atomic mass is 9.92. The Labute approximate surface area is 200 Å². The van der Waals surface area contributed by atoms with Gasteiger partial charge in [0.15, 0.2) is 11.5 Å². The normalized spacial score (nSPS) is 19.6. The van der Waals surface area contributed by atoms with Gasteiger partial charge < -0.3 is 20.1 Å². The van der Waals surface area contributed by atoms with E-state index in [1.54, 1.807) is 12.1 Å². The number of piperidine rings is 1. The van der Waals surface area contributed by atoms with Crippen LogP contribution in [0, 0.1) is 23.2 Å². The number of nitrogens with one attached hydrogen (secondary N) is 3. The van der Waals surface area contributed by atoms with Crippen molar-refractivity contribution in [3.05, 3.63) is 18.2 Å². The summed E-state index contributed by atoms with van der Waals surface area (Å²) in [7, 11) is -4.12. The number of ether oxygens (including phenoxy) is 2. The second-order valence-electron chi connectivity index (χ2n) is 8.98. The number of amides is 2. The van der Waals surface area contributed by atoms with Crippen molar-refractivity contribution in [2.24, 2.45) is 11.8 Å². The molecule has 0 radical (unpaired) electrons. The van der Waals surface area contributed by atoms with Gasteiger partial charge in [0.2, 0.25) is 21.8 Å². The van der Waals surface area contributed by atoms with E-state index in [1.807, 2.05) is 13.8 Å². The molecule has 2 heterocycles. The molecule has 3 N–H and O–H groups in total. The van der Waals surface area contributed by atoms with Crippen LogP contribution in [0.15, 0.2) is 23.1 Å². The average molecular weight is 493 g/mol. The van der Waals surface area contributed by atoms with Gasteiger partial charge in [0.1, 0.15) is 30.2 Å². The molecule has 0 unspecified atom stereocenters. The summed E-state index contributed by atoms with van der Waals surface area (Å²) in [6, 6.07) is 4.70. The van der Waals surface area contributed by atoms with Crippen LogP contribution >= 0.6 is 0 Å². The summed E-state index contributed by atoms with van der Waals surface area (Å²) in [5, 5.41) is 15.0. The first kappa shape index (κ1) is 25.8. The van der Waals surface area contributed by atoms with Crippen LogP contribution in [-0.4, -0.2) is 52.1 Å². The Balaban J connectivity index is 1.70. The maximum absolute atomic E-state index is 13.2. The van der Waals surface area contributed by atoms with E-state index in [9.17, 15) is 23.3 Å². The molecular formula is C23H32N4O6S. The van der Waals surface area contributed by atoms with Crippen molar-refractivity contribution in [3.63, 3.8) is 0 Å². The van der Waals surface area contributed by atoms with Crippen molar-refractivity contribution in [2.45, 2.75) is 62.9 Å². The van der Waals surface area contributed by atoms with Gasteiger partial charge in [-0.3, -0.25) is 9.59 Å². The molecule has 34 heavy (non-hydrogen) atoms. The van der Waals surface area contributed by atoms with Crippen molar-refractivity contribution in [1.82, 2.24) is 15.4 Å². The van der Waals surface area contributed by atoms with E-state index in [2.05, 4.69) is 21.4 Å². The van der Waals surface area contributed by atoms with Crippen molar-refractivity contribution < 1.29 is 27.5 Å². The summed E-state index contributed by atoms with van der Waals surface area (Å²) in [5.41, 5.74) is 0. The zero-order valence-corrected chi connectivity index (χ0v) is 20.3. The fraction of sp³-hybridized carbons (Fsp3) is 0.609. The summed E-state index contributed by atoms with van der Waals surface area (Å²) >= 11 is 0. The highest BCUT2D eigenvalue weighted by Gasteiger charge is 2.32. The number of nitriles is 1. The molecule has 186 valence electrons. The van der Waals surface area contributed by atoms with E-state index in [4.69, 9.17) is 9.47 Å². The molecule has 0 bridgehead atoms. The summed E-state index contributed by atoms with van der Waals surface area (Å²) in [4.78, 5) is 24.9. The average Bonchev–Trinajstić information content (AvgIpc) is 2.81. The topological polar surface area (TPSA) is 147 Å². The number of hydrogen-bond donors (Lipinski definition) is 3. The minimum absolute atomic E-state index is 0.00851. The molecule has 0 saturated carbocycles. The molecule has 1 saturated heterocycles. The SMILES string of the molecule is CC(C)C[C@H](NS(=O)(=O)c1cccc2c1OCCO2)C(=O)N[C@H](C#N)CC[C@@H]1CCCNC1=O. The van der Waals surface area contributed by atoms with Crippen LogP contribution in [-0.2, 0) is 19.6 Å². The molecule has 2 aliphatic rings.